The van der Waals surface area contributed by atoms with Crippen molar-refractivity contribution in [1.82, 2.24) is 0 Å². The first-order valence-electron chi connectivity index (χ1n) is 39.7. The van der Waals surface area contributed by atoms with E-state index in [9.17, 15) is 38.4 Å². The molecule has 17 rings (SSSR count). The van der Waals surface area contributed by atoms with Crippen LogP contribution in [-0.4, -0.2) is 66.4 Å². The predicted molar refractivity (Wildman–Crippen MR) is 488 cm³/mol. The molecule has 3 aliphatic rings. The molecule has 3 saturated heterocycles. The number of carbonyl (C=O) groups is 3. The molecule has 0 saturated carbocycles. The van der Waals surface area contributed by atoms with Gasteiger partial charge in [0.2, 0.25) is 48.3 Å². The van der Waals surface area contributed by atoms with Gasteiger partial charge in [0.1, 0.15) is 0 Å². The Labute approximate surface area is 719 Å². The summed E-state index contributed by atoms with van der Waals surface area (Å²) in [6, 6.07) is 106. The second kappa shape index (κ2) is 37.4. The van der Waals surface area contributed by atoms with Gasteiger partial charge in [0.05, 0.1) is 79.6 Å². The Bertz CT molecular complexity index is 6710. The third-order valence-corrected chi connectivity index (χ3v) is 21.4. The van der Waals surface area contributed by atoms with Crippen LogP contribution in [0.3, 0.4) is 0 Å². The predicted octanol–water partition coefficient (Wildman–Crippen LogP) is 22.7. The average molecular weight is 1640 g/mol. The second-order valence-electron chi connectivity index (χ2n) is 29.7. The second-order valence-corrected chi connectivity index (χ2v) is 29.7. The monoisotopic (exact) mass is 1630 g/mol. The van der Waals surface area contributed by atoms with E-state index in [4.69, 9.17) is 15.0 Å². The van der Waals surface area contributed by atoms with Gasteiger partial charge in [0.15, 0.2) is 0 Å². The van der Waals surface area contributed by atoms with Gasteiger partial charge in [-0.25, -0.2) is 82.7 Å². The molecule has 14 aromatic rings. The zero-order valence-electron chi connectivity index (χ0n) is 66.3. The molecule has 0 spiro atoms. The van der Waals surface area contributed by atoms with Crippen molar-refractivity contribution >= 4 is 146 Å². The molecule has 3 heterocycles. The number of aliphatic imine (C=N–C) groups is 8. The molecule has 0 unspecified atom stereocenters. The molecule has 0 aromatic heterocycles. The summed E-state index contributed by atoms with van der Waals surface area (Å²) in [5, 5.41) is 0. The fourth-order valence-electron chi connectivity index (χ4n) is 15.0. The van der Waals surface area contributed by atoms with E-state index in [2.05, 4.69) is 25.0 Å². The van der Waals surface area contributed by atoms with Gasteiger partial charge in [-0.15, -0.1) is 0 Å². The molecule has 22 nitrogen and oxygen atoms in total. The number of benzene rings is 14. The van der Waals surface area contributed by atoms with Crippen molar-refractivity contribution in [3.05, 3.63) is 418 Å². The Kier molecular flexibility index (Phi) is 24.4. The minimum atomic E-state index is -0.294. The number of isocyanates is 5. The molecule has 3 aliphatic heterocycles. The maximum Gasteiger partial charge on any atom is 0.342 e. The van der Waals surface area contributed by atoms with Gasteiger partial charge in [-0.1, -0.05) is 177 Å². The highest BCUT2D eigenvalue weighted by atomic mass is 16.2. The first kappa shape index (κ1) is 81.5. The number of hydrogen-bond donors (Lipinski definition) is 0. The van der Waals surface area contributed by atoms with Crippen LogP contribution in [0.4, 0.5) is 94.0 Å². The Hall–Kier alpha value is -17.2. The number of urea groups is 3. The van der Waals surface area contributed by atoms with Crippen LogP contribution in [0.15, 0.2) is 380 Å². The van der Waals surface area contributed by atoms with E-state index < -0.39 is 0 Å². The highest BCUT2D eigenvalue weighted by molar-refractivity contribution is 6.45. The number of hydrogen-bond acceptors (Lipinski definition) is 16. The molecule has 0 bridgehead atoms. The highest BCUT2D eigenvalue weighted by Crippen LogP contribution is 2.39. The molecule has 0 aliphatic carbocycles. The molecule has 14 aromatic carbocycles. The van der Waals surface area contributed by atoms with E-state index in [0.29, 0.717) is 142 Å². The van der Waals surface area contributed by atoms with Crippen LogP contribution in [0.5, 0.6) is 0 Å². The summed E-state index contributed by atoms with van der Waals surface area (Å²) in [6.07, 6.45) is 12.1. The summed E-state index contributed by atoms with van der Waals surface area (Å²) >= 11 is 0. The molecule has 0 N–H and O–H groups in total. The fraction of sp³-hybridized carbons (Fsp3) is 0.0777. The summed E-state index contributed by atoms with van der Waals surface area (Å²) in [4.78, 5) is 141. The fourth-order valence-corrected chi connectivity index (χ4v) is 15.0. The van der Waals surface area contributed by atoms with Crippen molar-refractivity contribution in [2.24, 2.45) is 39.9 Å². The maximum atomic E-state index is 14.7. The van der Waals surface area contributed by atoms with Crippen molar-refractivity contribution in [2.45, 2.75) is 52.4 Å². The Morgan fingerprint density at radius 3 is 0.400 bits per heavy atom. The minimum absolute atomic E-state index is 0. The Morgan fingerprint density at radius 1 is 0.168 bits per heavy atom. The molecular weight excluding hydrogens is 1560 g/mol. The van der Waals surface area contributed by atoms with Crippen molar-refractivity contribution in [3.63, 3.8) is 0 Å². The SMILES string of the molecule is C.O=C=Nc1ccc(Cc2ccc(N=C3N(c4ccc(Cc5ccc(N=C=O)cc5)cc4)C(=O)N3c3ccc(Cc4ccc(N=C5N(c6ccc(Cc7ccc(N=C=O)cc7)cc6)C(=O)N5c5ccc(Cc6ccc(N7C(=O)N(c8ccc(Cc9ccc(N=C=O)cc9)cc8)C7=Nc7ccc(Cc8ccc(N=C=O)cc8)cc7)cc6)cc5)cc4)cc3)cc2)cc1. The molecule has 0 radical (unpaired) electrons. The molecule has 3 fully saturated rings. The van der Waals surface area contributed by atoms with Crippen molar-refractivity contribution in [2.75, 3.05) is 29.4 Å². The summed E-state index contributed by atoms with van der Waals surface area (Å²) in [6.45, 7) is 0. The average Bonchev–Trinajstić information content (AvgIpc) is 0.746. The van der Waals surface area contributed by atoms with Crippen LogP contribution in [0.1, 0.15) is 85.3 Å². The van der Waals surface area contributed by atoms with Crippen molar-refractivity contribution < 1.29 is 38.4 Å². The Balaban J connectivity index is 0.0000115. The van der Waals surface area contributed by atoms with Gasteiger partial charge in [-0.2, -0.15) is 25.0 Å². The standard InChI is InChI=1S/C102H70N14O8.CH4/c117-64-103-83-29-1-69(2-30-83)57-74-11-39-88(40-12-74)108-97-111(91-45-17-77(18-46-91)59-71-5-33-85(34-6-71)105-66-119)100(122)114(97)94-51-23-80(24-52-94)62-76-15-43-90(44-16-76)110-99-113(93-49-21-79(22-50-93)61-73-9-37-87(38-10-73)107-68-121)102(124)116(99)96-55-27-82(28-56-96)63-81-25-53-95(54-26-81)115-98(109-89-41-13-75(14-42-89)58-70-3-31-84(32-4-70)104-65-118)112(101(115)123)92-47-19-78(20-48-92)60-72-7-35-86(36-8-72)106-67-120;/h1-56H,57-63H2;1H4. The lowest BCUT2D eigenvalue weighted by Gasteiger charge is -2.42. The molecule has 0 atom stereocenters. The topological polar surface area (TPSA) is 255 Å². The maximum absolute atomic E-state index is 14.7. The zero-order chi connectivity index (χ0) is 84.8. The van der Waals surface area contributed by atoms with Crippen LogP contribution < -0.4 is 29.4 Å². The number of carbonyl (C=O) groups excluding carboxylic acids is 8. The lowest BCUT2D eigenvalue weighted by atomic mass is 10.0. The third kappa shape index (κ3) is 18.8. The van der Waals surface area contributed by atoms with Crippen LogP contribution >= 0.6 is 0 Å². The molecule has 604 valence electrons. The normalized spacial score (nSPS) is 13.6. The van der Waals surface area contributed by atoms with Crippen LogP contribution in [0.2, 0.25) is 0 Å². The first-order chi connectivity index (χ1) is 60.8. The lowest BCUT2D eigenvalue weighted by molar-refractivity contribution is 0.252. The number of rotatable bonds is 28. The number of anilines is 6. The van der Waals surface area contributed by atoms with Gasteiger partial charge in [0, 0.05) is 0 Å². The number of guanidine groups is 3. The highest BCUT2D eigenvalue weighted by Gasteiger charge is 2.46. The molecule has 22 heteroatoms. The Morgan fingerprint density at radius 2 is 0.280 bits per heavy atom. The van der Waals surface area contributed by atoms with Gasteiger partial charge in [-0.05, 0) is 293 Å². The number of nitrogens with zero attached hydrogens (tertiary/aromatic N) is 14. The van der Waals surface area contributed by atoms with E-state index in [-0.39, 0.29) is 25.5 Å². The summed E-state index contributed by atoms with van der Waals surface area (Å²) in [5.41, 5.74) is 22.6. The van der Waals surface area contributed by atoms with Crippen LogP contribution in [-0.2, 0) is 68.9 Å². The molecule has 125 heavy (non-hydrogen) atoms. The van der Waals surface area contributed by atoms with Gasteiger partial charge in [0.25, 0.3) is 0 Å². The molecule has 6 amide bonds. The number of amides is 6. The first-order valence-corrected chi connectivity index (χ1v) is 39.7. The van der Waals surface area contributed by atoms with Gasteiger partial charge >= 0.3 is 18.1 Å². The van der Waals surface area contributed by atoms with Gasteiger partial charge < -0.3 is 0 Å². The van der Waals surface area contributed by atoms with E-state index >= 15 is 0 Å². The quantitative estimate of drug-likeness (QED) is 0.0336. The lowest BCUT2D eigenvalue weighted by Crippen LogP contribution is -2.65. The van der Waals surface area contributed by atoms with E-state index in [1.54, 1.807) is 120 Å². The minimum Gasteiger partial charge on any atom is -0.247 e. The largest absolute Gasteiger partial charge is 0.342 e. The molecular formula is C103H74N14O8. The summed E-state index contributed by atoms with van der Waals surface area (Å²) in [5.74, 6) is 1.25. The third-order valence-electron chi connectivity index (χ3n) is 21.4. The van der Waals surface area contributed by atoms with E-state index in [0.717, 1.165) is 77.9 Å². The summed E-state index contributed by atoms with van der Waals surface area (Å²) in [7, 11) is 0. The van der Waals surface area contributed by atoms with Crippen LogP contribution in [0.25, 0.3) is 0 Å². The summed E-state index contributed by atoms with van der Waals surface area (Å²) < 4.78 is 0. The zero-order valence-corrected chi connectivity index (χ0v) is 66.3. The van der Waals surface area contributed by atoms with Crippen LogP contribution in [0, 0.1) is 0 Å². The van der Waals surface area contributed by atoms with Crippen molar-refractivity contribution in [3.8, 4) is 0 Å². The van der Waals surface area contributed by atoms with E-state index in [1.807, 2.05) is 279 Å². The smallest absolute Gasteiger partial charge is 0.247 e. The van der Waals surface area contributed by atoms with Crippen molar-refractivity contribution in [1.29, 1.82) is 0 Å². The van der Waals surface area contributed by atoms with E-state index in [1.165, 1.54) is 0 Å². The van der Waals surface area contributed by atoms with Gasteiger partial charge in [-0.3, -0.25) is 0 Å².